The first kappa shape index (κ1) is 26.8. The maximum absolute atomic E-state index is 13.6. The molecule has 10 nitrogen and oxygen atoms in total. The standard InChI is InChI=1S/C22H31N5O5S3/c1-30-16-8-6-9-17(31-2)20(16)27-21(18-10-7-13-32-18)24-25-22(27)26(12-15-34(3,4)5)35(28,29)14-11-19(23)33/h6-10,13H,11-12,14-15H2,1-5H3,(H2,23,33). The molecule has 35 heavy (non-hydrogen) atoms. The lowest BCUT2D eigenvalue weighted by molar-refractivity contribution is 0.391. The smallest absolute Gasteiger partial charge is 0.246 e. The molecule has 0 saturated carbocycles. The number of ether oxygens (including phenoxy) is 2. The average Bonchev–Trinajstić information content (AvgIpc) is 3.46. The number of methoxy groups -OCH3 is 2. The van der Waals surface area contributed by atoms with Gasteiger partial charge in [-0.05, 0) is 48.8 Å². The highest BCUT2D eigenvalue weighted by Crippen LogP contribution is 2.40. The molecule has 13 heteroatoms. The average molecular weight is 542 g/mol. The Morgan fingerprint density at radius 3 is 2.26 bits per heavy atom. The maximum Gasteiger partial charge on any atom is 0.246 e. The first-order chi connectivity index (χ1) is 16.5. The van der Waals surface area contributed by atoms with Crippen LogP contribution in [0.2, 0.25) is 0 Å². The van der Waals surface area contributed by atoms with Crippen LogP contribution in [0.3, 0.4) is 0 Å². The van der Waals surface area contributed by atoms with Crippen LogP contribution < -0.4 is 19.5 Å². The summed E-state index contributed by atoms with van der Waals surface area (Å²) in [7, 11) is -1.87. The summed E-state index contributed by atoms with van der Waals surface area (Å²) in [5.41, 5.74) is 6.07. The highest BCUT2D eigenvalue weighted by molar-refractivity contribution is 8.32. The summed E-state index contributed by atoms with van der Waals surface area (Å²) in [5.74, 6) is 2.06. The molecule has 3 rings (SSSR count). The lowest BCUT2D eigenvalue weighted by Crippen LogP contribution is -2.38. The monoisotopic (exact) mass is 541 g/mol. The number of anilines is 1. The summed E-state index contributed by atoms with van der Waals surface area (Å²) >= 11 is 4.94. The van der Waals surface area contributed by atoms with Gasteiger partial charge in [-0.1, -0.05) is 18.3 Å². The van der Waals surface area contributed by atoms with Crippen LogP contribution in [0.1, 0.15) is 6.42 Å². The van der Waals surface area contributed by atoms with Crippen LogP contribution in [0.4, 0.5) is 5.95 Å². The Kier molecular flexibility index (Phi) is 8.34. The van der Waals surface area contributed by atoms with Gasteiger partial charge < -0.3 is 19.6 Å². The molecule has 0 aliphatic carbocycles. The molecule has 0 unspecified atom stereocenters. The van der Waals surface area contributed by atoms with E-state index in [0.29, 0.717) is 34.5 Å². The molecule has 3 aromatic rings. The number of hydrogen-bond donors (Lipinski definition) is 1. The fourth-order valence-corrected chi connectivity index (χ4v) is 5.83. The topological polar surface area (TPSA) is 126 Å². The first-order valence-corrected chi connectivity index (χ1v) is 15.7. The Balaban J connectivity index is 2.30. The third-order valence-electron chi connectivity index (χ3n) is 5.08. The molecule has 2 heterocycles. The van der Waals surface area contributed by atoms with Gasteiger partial charge in [0.2, 0.25) is 21.8 Å². The fourth-order valence-electron chi connectivity index (χ4n) is 3.32. The second-order valence-electron chi connectivity index (χ2n) is 8.55. The lowest BCUT2D eigenvalue weighted by Gasteiger charge is -2.30. The van der Waals surface area contributed by atoms with Gasteiger partial charge in [0.05, 0.1) is 31.2 Å². The molecule has 0 fully saturated rings. The Morgan fingerprint density at radius 2 is 1.74 bits per heavy atom. The van der Waals surface area contributed by atoms with E-state index in [0.717, 1.165) is 0 Å². The van der Waals surface area contributed by atoms with Crippen molar-refractivity contribution in [1.82, 2.24) is 14.8 Å². The van der Waals surface area contributed by atoms with Crippen molar-refractivity contribution >= 4 is 43.2 Å². The van der Waals surface area contributed by atoms with Crippen molar-refractivity contribution < 1.29 is 22.3 Å². The van der Waals surface area contributed by atoms with Crippen molar-refractivity contribution in [3.63, 3.8) is 0 Å². The summed E-state index contributed by atoms with van der Waals surface area (Å²) in [6.07, 6.45) is 7.92. The number of aromatic nitrogens is 3. The molecule has 0 saturated heterocycles. The predicted octanol–water partition coefficient (Wildman–Crippen LogP) is 3.05. The molecule has 1 aromatic carbocycles. The highest BCUT2D eigenvalue weighted by atomic mass is 32.3. The van der Waals surface area contributed by atoms with Gasteiger partial charge in [-0.15, -0.1) is 10.2 Å². The van der Waals surface area contributed by atoms with Gasteiger partial charge in [-0.3, -0.25) is 4.57 Å². The summed E-state index contributed by atoms with van der Waals surface area (Å²) in [4.78, 5) is 0.124. The predicted molar refractivity (Wildman–Crippen MR) is 145 cm³/mol. The lowest BCUT2D eigenvalue weighted by atomic mass is 10.2. The molecular weight excluding hydrogens is 510 g/mol. The Bertz CT molecular complexity index is 1240. The number of furan rings is 1. The van der Waals surface area contributed by atoms with Crippen molar-refractivity contribution in [3.05, 3.63) is 36.6 Å². The van der Waals surface area contributed by atoms with E-state index in [4.69, 9.17) is 31.8 Å². The van der Waals surface area contributed by atoms with Gasteiger partial charge >= 0.3 is 0 Å². The molecule has 2 aromatic heterocycles. The third kappa shape index (κ3) is 6.27. The molecule has 0 bridgehead atoms. The summed E-state index contributed by atoms with van der Waals surface area (Å²) in [6.45, 7) is 0.201. The van der Waals surface area contributed by atoms with Crippen LogP contribution in [-0.4, -0.2) is 79.2 Å². The second-order valence-corrected chi connectivity index (χ2v) is 15.7. The van der Waals surface area contributed by atoms with E-state index >= 15 is 0 Å². The molecule has 0 spiro atoms. The number of para-hydroxylation sites is 1. The minimum atomic E-state index is -3.87. The van der Waals surface area contributed by atoms with Gasteiger partial charge in [0.1, 0.15) is 17.2 Å². The largest absolute Gasteiger partial charge is 0.494 e. The van der Waals surface area contributed by atoms with Crippen molar-refractivity contribution in [2.24, 2.45) is 5.73 Å². The molecule has 0 amide bonds. The van der Waals surface area contributed by atoms with Gasteiger partial charge in [0, 0.05) is 13.0 Å². The van der Waals surface area contributed by atoms with Crippen molar-refractivity contribution in [1.29, 1.82) is 0 Å². The van der Waals surface area contributed by atoms with E-state index in [-0.39, 0.29) is 29.7 Å². The zero-order valence-electron chi connectivity index (χ0n) is 20.4. The number of sulfonamides is 1. The van der Waals surface area contributed by atoms with Crippen LogP contribution in [-0.2, 0) is 10.0 Å². The molecule has 0 atom stereocenters. The Hall–Kier alpha value is -2.77. The summed E-state index contributed by atoms with van der Waals surface area (Å²) in [6, 6.07) is 8.71. The second kappa shape index (κ2) is 10.9. The van der Waals surface area contributed by atoms with Crippen LogP contribution in [0.25, 0.3) is 17.3 Å². The molecular formula is C22H31N5O5S3. The number of thiocarbonyl (C=S) groups is 1. The van der Waals surface area contributed by atoms with Crippen LogP contribution in [0.15, 0.2) is 41.0 Å². The van der Waals surface area contributed by atoms with E-state index in [9.17, 15) is 8.42 Å². The molecule has 2 N–H and O–H groups in total. The third-order valence-corrected chi connectivity index (χ3v) is 8.43. The first-order valence-electron chi connectivity index (χ1n) is 10.6. The number of nitrogens with two attached hydrogens (primary N) is 1. The summed E-state index contributed by atoms with van der Waals surface area (Å²) in [5, 5.41) is 8.65. The van der Waals surface area contributed by atoms with E-state index < -0.39 is 20.1 Å². The van der Waals surface area contributed by atoms with Crippen LogP contribution >= 0.6 is 22.2 Å². The van der Waals surface area contributed by atoms with Crippen LogP contribution in [0.5, 0.6) is 11.5 Å². The molecule has 0 aliphatic rings. The number of nitrogens with zero attached hydrogens (tertiary/aromatic N) is 4. The Morgan fingerprint density at radius 1 is 1.09 bits per heavy atom. The minimum Gasteiger partial charge on any atom is -0.494 e. The minimum absolute atomic E-state index is 0.0493. The molecule has 0 radical (unpaired) electrons. The van der Waals surface area contributed by atoms with E-state index in [2.05, 4.69) is 29.0 Å². The van der Waals surface area contributed by atoms with Crippen LogP contribution in [0, 0.1) is 0 Å². The van der Waals surface area contributed by atoms with Gasteiger partial charge in [-0.25, -0.2) is 22.8 Å². The zero-order valence-corrected chi connectivity index (χ0v) is 22.9. The van der Waals surface area contributed by atoms with E-state index in [1.54, 1.807) is 34.9 Å². The van der Waals surface area contributed by atoms with Gasteiger partial charge in [0.15, 0.2) is 5.76 Å². The van der Waals surface area contributed by atoms with Crippen molar-refractivity contribution in [3.8, 4) is 28.8 Å². The number of rotatable bonds is 12. The van der Waals surface area contributed by atoms with Crippen molar-refractivity contribution in [2.75, 3.05) is 55.3 Å². The number of benzene rings is 1. The fraction of sp³-hybridized carbons (Fsp3) is 0.409. The SMILES string of the molecule is COc1cccc(OC)c1-n1c(-c2ccco2)nnc1N(CCS(C)(C)C)S(=O)(=O)CCC(N)=S. The maximum atomic E-state index is 13.6. The quantitative estimate of drug-likeness (QED) is 0.344. The Labute approximate surface area is 212 Å². The zero-order chi connectivity index (χ0) is 25.8. The van der Waals surface area contributed by atoms with E-state index in [1.165, 1.54) is 24.8 Å². The van der Waals surface area contributed by atoms with Gasteiger partial charge in [0.25, 0.3) is 0 Å². The molecule has 192 valence electrons. The molecule has 0 aliphatic heterocycles. The van der Waals surface area contributed by atoms with Crippen molar-refractivity contribution in [2.45, 2.75) is 6.42 Å². The normalized spacial score (nSPS) is 12.4. The van der Waals surface area contributed by atoms with E-state index in [1.807, 2.05) is 0 Å². The summed E-state index contributed by atoms with van der Waals surface area (Å²) < 4.78 is 46.9. The van der Waals surface area contributed by atoms with Gasteiger partial charge in [-0.2, -0.15) is 0 Å². The highest BCUT2D eigenvalue weighted by Gasteiger charge is 2.32. The number of hydrogen-bond acceptors (Lipinski definition) is 8.